The summed E-state index contributed by atoms with van der Waals surface area (Å²) in [4.78, 5) is 0. The van der Waals surface area contributed by atoms with E-state index in [-0.39, 0.29) is 0 Å². The van der Waals surface area contributed by atoms with Crippen LogP contribution in [0.15, 0.2) is 89.1 Å². The molecule has 1 aliphatic rings. The quantitative estimate of drug-likeness (QED) is 0.239. The van der Waals surface area contributed by atoms with Crippen LogP contribution in [0.5, 0.6) is 0 Å². The normalized spacial score (nSPS) is 16.0. The topological polar surface area (TPSA) is 24.7 Å². The summed E-state index contributed by atoms with van der Waals surface area (Å²) in [6.45, 7) is 9.19. The smallest absolute Gasteiger partial charge is 0.0899 e. The third-order valence-electron chi connectivity index (χ3n) is 7.73. The van der Waals surface area contributed by atoms with E-state index in [4.69, 9.17) is 0 Å². The molecule has 0 heterocycles. The lowest BCUT2D eigenvalue weighted by atomic mass is 9.89. The number of fused-ring (bicyclic) bond motifs is 1. The lowest BCUT2D eigenvalue weighted by molar-refractivity contribution is 0.496. The minimum atomic E-state index is 0.726. The zero-order chi connectivity index (χ0) is 26.0. The summed E-state index contributed by atoms with van der Waals surface area (Å²) in [7, 11) is 0. The fraction of sp³-hybridized carbons (Fsp3) is 0.371. The minimum absolute atomic E-state index is 0.726. The van der Waals surface area contributed by atoms with Crippen molar-refractivity contribution in [3.8, 4) is 0 Å². The Hall–Kier alpha value is -3.26. The standard InChI is InChI=1S/C35H42N2/c1-5-26(3)10-9-11-28-18-21-32(22-19-28)36-37-35-23-20-31(33-12-7-8-13-34(33)35)25-30-16-14-29(15-17-30)24-27(4)6-2/h7-8,12-19,21-23,25-27H,5-6,9-11,20,24H2,1-4H3. The first-order valence-corrected chi connectivity index (χ1v) is 14.2. The van der Waals surface area contributed by atoms with E-state index in [0.29, 0.717) is 0 Å². The van der Waals surface area contributed by atoms with Crippen LogP contribution in [0.2, 0.25) is 0 Å². The summed E-state index contributed by atoms with van der Waals surface area (Å²) in [6, 6.07) is 26.2. The van der Waals surface area contributed by atoms with Crippen LogP contribution in [0.25, 0.3) is 17.3 Å². The van der Waals surface area contributed by atoms with Gasteiger partial charge in [0.05, 0.1) is 11.4 Å². The Balaban J connectivity index is 1.44. The molecule has 4 rings (SSSR count). The number of hydrogen-bond acceptors (Lipinski definition) is 2. The lowest BCUT2D eigenvalue weighted by Crippen LogP contribution is -1.98. The number of allylic oxidation sites excluding steroid dienone is 2. The highest BCUT2D eigenvalue weighted by Crippen LogP contribution is 2.36. The molecular weight excluding hydrogens is 448 g/mol. The van der Waals surface area contributed by atoms with Crippen molar-refractivity contribution in [1.82, 2.24) is 0 Å². The van der Waals surface area contributed by atoms with Crippen LogP contribution in [0.1, 0.15) is 87.6 Å². The number of benzene rings is 3. The van der Waals surface area contributed by atoms with Crippen molar-refractivity contribution in [3.05, 3.63) is 107 Å². The third kappa shape index (κ3) is 7.61. The monoisotopic (exact) mass is 490 g/mol. The predicted octanol–water partition coefficient (Wildman–Crippen LogP) is 10.7. The Kier molecular flexibility index (Phi) is 9.65. The largest absolute Gasteiger partial charge is 0.151 e. The van der Waals surface area contributed by atoms with Crippen LogP contribution in [-0.4, -0.2) is 0 Å². The second-order valence-corrected chi connectivity index (χ2v) is 10.7. The molecule has 0 radical (unpaired) electrons. The molecular formula is C35H42N2. The van der Waals surface area contributed by atoms with Crippen molar-refractivity contribution in [2.24, 2.45) is 22.1 Å². The van der Waals surface area contributed by atoms with Crippen LogP contribution in [0, 0.1) is 11.8 Å². The molecule has 0 N–H and O–H groups in total. The molecule has 2 heteroatoms. The van der Waals surface area contributed by atoms with Gasteiger partial charge in [-0.05, 0) is 77.5 Å². The van der Waals surface area contributed by atoms with Gasteiger partial charge in [0, 0.05) is 5.56 Å². The Morgan fingerprint density at radius 1 is 0.757 bits per heavy atom. The number of rotatable bonds is 11. The van der Waals surface area contributed by atoms with Crippen LogP contribution in [0.3, 0.4) is 0 Å². The summed E-state index contributed by atoms with van der Waals surface area (Å²) in [5.41, 5.74) is 9.64. The van der Waals surface area contributed by atoms with Crippen molar-refractivity contribution >= 4 is 23.0 Å². The lowest BCUT2D eigenvalue weighted by Gasteiger charge is -2.17. The SMILES string of the molecule is CCC(C)CCCc1ccc(N=NC2=CCC(=Cc3ccc(CC(C)CC)cc3)c3ccccc32)cc1. The van der Waals surface area contributed by atoms with Gasteiger partial charge in [-0.25, -0.2) is 0 Å². The van der Waals surface area contributed by atoms with Crippen LogP contribution in [0.4, 0.5) is 5.69 Å². The van der Waals surface area contributed by atoms with Crippen molar-refractivity contribution in [2.45, 2.75) is 72.6 Å². The number of azo groups is 1. The van der Waals surface area contributed by atoms with Gasteiger partial charge in [0.1, 0.15) is 0 Å². The number of nitrogens with zero attached hydrogens (tertiary/aromatic N) is 2. The summed E-state index contributed by atoms with van der Waals surface area (Å²) in [6.07, 6.45) is 12.7. The highest BCUT2D eigenvalue weighted by molar-refractivity contribution is 5.91. The van der Waals surface area contributed by atoms with E-state index in [9.17, 15) is 0 Å². The molecule has 0 bridgehead atoms. The molecule has 0 aromatic heterocycles. The Morgan fingerprint density at radius 3 is 2.14 bits per heavy atom. The number of hydrogen-bond donors (Lipinski definition) is 0. The van der Waals surface area contributed by atoms with Crippen molar-refractivity contribution in [1.29, 1.82) is 0 Å². The van der Waals surface area contributed by atoms with Gasteiger partial charge in [-0.15, -0.1) is 0 Å². The van der Waals surface area contributed by atoms with Crippen molar-refractivity contribution in [2.75, 3.05) is 0 Å². The second kappa shape index (κ2) is 13.3. The summed E-state index contributed by atoms with van der Waals surface area (Å²) >= 11 is 0. The van der Waals surface area contributed by atoms with E-state index < -0.39 is 0 Å². The average molecular weight is 491 g/mol. The maximum Gasteiger partial charge on any atom is 0.0899 e. The zero-order valence-corrected chi connectivity index (χ0v) is 23.1. The molecule has 2 nitrogen and oxygen atoms in total. The molecule has 2 unspecified atom stereocenters. The predicted molar refractivity (Wildman–Crippen MR) is 160 cm³/mol. The van der Waals surface area contributed by atoms with Gasteiger partial charge >= 0.3 is 0 Å². The molecule has 1 aliphatic carbocycles. The van der Waals surface area contributed by atoms with E-state index in [2.05, 4.69) is 123 Å². The number of aryl methyl sites for hydroxylation is 1. The fourth-order valence-corrected chi connectivity index (χ4v) is 4.84. The molecule has 0 amide bonds. The second-order valence-electron chi connectivity index (χ2n) is 10.7. The molecule has 3 aromatic carbocycles. The minimum Gasteiger partial charge on any atom is -0.151 e. The molecule has 0 saturated carbocycles. The van der Waals surface area contributed by atoms with Gasteiger partial charge in [0.2, 0.25) is 0 Å². The first kappa shape index (κ1) is 26.8. The maximum atomic E-state index is 4.67. The highest BCUT2D eigenvalue weighted by atomic mass is 15.1. The highest BCUT2D eigenvalue weighted by Gasteiger charge is 2.16. The molecule has 0 saturated heterocycles. The van der Waals surface area contributed by atoms with Gasteiger partial charge in [-0.2, -0.15) is 10.2 Å². The van der Waals surface area contributed by atoms with Crippen LogP contribution in [-0.2, 0) is 12.8 Å². The molecule has 0 spiro atoms. The van der Waals surface area contributed by atoms with E-state index in [0.717, 1.165) is 48.0 Å². The molecule has 3 aromatic rings. The van der Waals surface area contributed by atoms with Crippen molar-refractivity contribution < 1.29 is 0 Å². The Bertz CT molecular complexity index is 1230. The zero-order valence-electron chi connectivity index (χ0n) is 23.1. The Morgan fingerprint density at radius 2 is 1.43 bits per heavy atom. The third-order valence-corrected chi connectivity index (χ3v) is 7.73. The van der Waals surface area contributed by atoms with Gasteiger partial charge in [0.25, 0.3) is 0 Å². The van der Waals surface area contributed by atoms with E-state index in [1.54, 1.807) is 0 Å². The van der Waals surface area contributed by atoms with Gasteiger partial charge < -0.3 is 0 Å². The van der Waals surface area contributed by atoms with Gasteiger partial charge in [0.15, 0.2) is 0 Å². The van der Waals surface area contributed by atoms with Crippen LogP contribution >= 0.6 is 0 Å². The van der Waals surface area contributed by atoms with E-state index in [1.807, 2.05) is 0 Å². The van der Waals surface area contributed by atoms with E-state index in [1.165, 1.54) is 53.5 Å². The van der Waals surface area contributed by atoms with Crippen LogP contribution < -0.4 is 0 Å². The summed E-state index contributed by atoms with van der Waals surface area (Å²) in [5, 5.41) is 9.25. The average Bonchev–Trinajstić information content (AvgIpc) is 2.94. The first-order valence-electron chi connectivity index (χ1n) is 14.2. The molecule has 37 heavy (non-hydrogen) atoms. The molecule has 0 fully saturated rings. The summed E-state index contributed by atoms with van der Waals surface area (Å²) < 4.78 is 0. The first-order chi connectivity index (χ1) is 18.1. The fourth-order valence-electron chi connectivity index (χ4n) is 4.84. The summed E-state index contributed by atoms with van der Waals surface area (Å²) in [5.74, 6) is 1.54. The molecule has 0 aliphatic heterocycles. The van der Waals surface area contributed by atoms with E-state index >= 15 is 0 Å². The maximum absolute atomic E-state index is 4.67. The Labute approximate surface area is 224 Å². The van der Waals surface area contributed by atoms with Gasteiger partial charge in [-0.3, -0.25) is 0 Å². The molecule has 192 valence electrons. The van der Waals surface area contributed by atoms with Crippen molar-refractivity contribution in [3.63, 3.8) is 0 Å². The van der Waals surface area contributed by atoms with Gasteiger partial charge in [-0.1, -0.05) is 120 Å². The molecule has 2 atom stereocenters.